The van der Waals surface area contributed by atoms with Gasteiger partial charge in [-0.3, -0.25) is 9.59 Å². The molecule has 2 aromatic carbocycles. The molecule has 1 saturated heterocycles. The number of carbonyl (C=O) groups is 3. The Kier molecular flexibility index (Phi) is 5.28. The van der Waals surface area contributed by atoms with E-state index in [4.69, 9.17) is 4.74 Å². The zero-order valence-electron chi connectivity index (χ0n) is 13.9. The van der Waals surface area contributed by atoms with Gasteiger partial charge in [0.2, 0.25) is 0 Å². The van der Waals surface area contributed by atoms with Crippen molar-refractivity contribution in [2.24, 2.45) is 0 Å². The van der Waals surface area contributed by atoms with Gasteiger partial charge in [0.1, 0.15) is 6.10 Å². The first kappa shape index (κ1) is 17.6. The molecule has 1 atom stereocenters. The fourth-order valence-corrected chi connectivity index (χ4v) is 2.64. The first-order chi connectivity index (χ1) is 12.5. The number of carboxylic acids is 1. The lowest BCUT2D eigenvalue weighted by Crippen LogP contribution is -2.26. The molecule has 0 saturated carbocycles. The first-order valence-electron chi connectivity index (χ1n) is 8.18. The van der Waals surface area contributed by atoms with E-state index in [9.17, 15) is 19.5 Å². The summed E-state index contributed by atoms with van der Waals surface area (Å²) in [5, 5.41) is 16.2. The van der Waals surface area contributed by atoms with Gasteiger partial charge in [-0.05, 0) is 48.7 Å². The number of anilines is 2. The SMILES string of the molecule is O=C([O-])c1ccc(C(=O)Nc2cccc(NC(=O)[C@H]3CCCO3)c2)cc1. The Morgan fingerprint density at radius 3 is 2.23 bits per heavy atom. The van der Waals surface area contributed by atoms with Crippen LogP contribution < -0.4 is 15.7 Å². The topological polar surface area (TPSA) is 108 Å². The van der Waals surface area contributed by atoms with Crippen LogP contribution in [-0.2, 0) is 9.53 Å². The Morgan fingerprint density at radius 1 is 0.962 bits per heavy atom. The van der Waals surface area contributed by atoms with E-state index in [1.807, 2.05) is 0 Å². The predicted octanol–water partition coefficient (Wildman–Crippen LogP) is 1.42. The van der Waals surface area contributed by atoms with Crippen molar-refractivity contribution < 1.29 is 24.2 Å². The molecule has 2 N–H and O–H groups in total. The molecule has 2 aromatic rings. The van der Waals surface area contributed by atoms with Crippen LogP contribution in [0.3, 0.4) is 0 Å². The second-order valence-corrected chi connectivity index (χ2v) is 5.89. The minimum atomic E-state index is -1.30. The summed E-state index contributed by atoms with van der Waals surface area (Å²) in [5.74, 6) is -1.90. The van der Waals surface area contributed by atoms with Gasteiger partial charge in [0.05, 0.1) is 5.97 Å². The van der Waals surface area contributed by atoms with E-state index in [0.717, 1.165) is 6.42 Å². The number of carboxylic acid groups (broad SMARTS) is 1. The summed E-state index contributed by atoms with van der Waals surface area (Å²) in [6.07, 6.45) is 1.13. The van der Waals surface area contributed by atoms with Gasteiger partial charge in [0.25, 0.3) is 11.8 Å². The Labute approximate surface area is 150 Å². The van der Waals surface area contributed by atoms with Crippen molar-refractivity contribution in [1.29, 1.82) is 0 Å². The molecule has 134 valence electrons. The second-order valence-electron chi connectivity index (χ2n) is 5.89. The average molecular weight is 353 g/mol. The minimum Gasteiger partial charge on any atom is -0.545 e. The van der Waals surface area contributed by atoms with E-state index < -0.39 is 18.0 Å². The van der Waals surface area contributed by atoms with Crippen LogP contribution in [0.25, 0.3) is 0 Å². The highest BCUT2D eigenvalue weighted by atomic mass is 16.5. The fraction of sp³-hybridized carbons (Fsp3) is 0.211. The van der Waals surface area contributed by atoms with Gasteiger partial charge < -0.3 is 25.3 Å². The standard InChI is InChI=1S/C19H18N2O5/c22-17(12-6-8-13(9-7-12)19(24)25)20-14-3-1-4-15(11-14)21-18(23)16-5-2-10-26-16/h1,3-4,6-9,11,16H,2,5,10H2,(H,20,22)(H,21,23)(H,24,25)/p-1/t16-/m1/s1. The smallest absolute Gasteiger partial charge is 0.255 e. The van der Waals surface area contributed by atoms with Crippen LogP contribution in [0.4, 0.5) is 11.4 Å². The first-order valence-corrected chi connectivity index (χ1v) is 8.18. The number of nitrogens with one attached hydrogen (secondary N) is 2. The Hall–Kier alpha value is -3.19. The van der Waals surface area contributed by atoms with Crippen LogP contribution in [0.2, 0.25) is 0 Å². The monoisotopic (exact) mass is 353 g/mol. The Balaban J connectivity index is 1.65. The zero-order valence-corrected chi connectivity index (χ0v) is 13.9. The summed E-state index contributed by atoms with van der Waals surface area (Å²) in [6, 6.07) is 12.2. The molecule has 3 rings (SSSR count). The number of rotatable bonds is 5. The molecule has 7 nitrogen and oxygen atoms in total. The van der Waals surface area contributed by atoms with Crippen LogP contribution in [-0.4, -0.2) is 30.5 Å². The highest BCUT2D eigenvalue weighted by Crippen LogP contribution is 2.19. The van der Waals surface area contributed by atoms with Crippen LogP contribution in [0.5, 0.6) is 0 Å². The third-order valence-corrected chi connectivity index (χ3v) is 3.99. The fourth-order valence-electron chi connectivity index (χ4n) is 2.64. The van der Waals surface area contributed by atoms with E-state index in [1.54, 1.807) is 24.3 Å². The third-order valence-electron chi connectivity index (χ3n) is 3.99. The molecule has 2 amide bonds. The summed E-state index contributed by atoms with van der Waals surface area (Å²) in [7, 11) is 0. The van der Waals surface area contributed by atoms with E-state index in [1.165, 1.54) is 24.3 Å². The van der Waals surface area contributed by atoms with Crippen molar-refractivity contribution in [3.05, 3.63) is 59.7 Å². The van der Waals surface area contributed by atoms with Gasteiger partial charge >= 0.3 is 0 Å². The number of ether oxygens (including phenoxy) is 1. The van der Waals surface area contributed by atoms with Crippen LogP contribution in [0.1, 0.15) is 33.6 Å². The molecule has 26 heavy (non-hydrogen) atoms. The molecule has 0 bridgehead atoms. The molecular formula is C19H17N2O5-. The highest BCUT2D eigenvalue weighted by Gasteiger charge is 2.23. The molecule has 1 fully saturated rings. The largest absolute Gasteiger partial charge is 0.545 e. The Bertz CT molecular complexity index is 826. The summed E-state index contributed by atoms with van der Waals surface area (Å²) < 4.78 is 5.34. The van der Waals surface area contributed by atoms with Gasteiger partial charge in [-0.15, -0.1) is 0 Å². The van der Waals surface area contributed by atoms with Crippen molar-refractivity contribution >= 4 is 29.2 Å². The number of hydrogen-bond acceptors (Lipinski definition) is 5. The van der Waals surface area contributed by atoms with E-state index in [2.05, 4.69) is 10.6 Å². The second kappa shape index (κ2) is 7.79. The van der Waals surface area contributed by atoms with E-state index in [-0.39, 0.29) is 11.5 Å². The number of aromatic carboxylic acids is 1. The summed E-state index contributed by atoms with van der Waals surface area (Å²) in [5.41, 5.74) is 1.36. The summed E-state index contributed by atoms with van der Waals surface area (Å²) >= 11 is 0. The molecule has 0 radical (unpaired) electrons. The average Bonchev–Trinajstić information content (AvgIpc) is 3.17. The number of benzene rings is 2. The lowest BCUT2D eigenvalue weighted by atomic mass is 10.1. The molecule has 0 spiro atoms. The van der Waals surface area contributed by atoms with Crippen molar-refractivity contribution in [1.82, 2.24) is 0 Å². The molecule has 0 unspecified atom stereocenters. The van der Waals surface area contributed by atoms with Crippen molar-refractivity contribution in [2.75, 3.05) is 17.2 Å². The van der Waals surface area contributed by atoms with E-state index >= 15 is 0 Å². The molecule has 1 heterocycles. The number of carbonyl (C=O) groups excluding carboxylic acids is 3. The normalized spacial score (nSPS) is 16.1. The van der Waals surface area contributed by atoms with Gasteiger partial charge in [-0.2, -0.15) is 0 Å². The highest BCUT2D eigenvalue weighted by molar-refractivity contribution is 6.05. The van der Waals surface area contributed by atoms with E-state index in [0.29, 0.717) is 30.0 Å². The lowest BCUT2D eigenvalue weighted by Gasteiger charge is -2.12. The molecular weight excluding hydrogens is 336 g/mol. The van der Waals surface area contributed by atoms with Crippen molar-refractivity contribution in [3.8, 4) is 0 Å². The number of hydrogen-bond donors (Lipinski definition) is 2. The summed E-state index contributed by atoms with van der Waals surface area (Å²) in [4.78, 5) is 35.1. The van der Waals surface area contributed by atoms with Crippen molar-refractivity contribution in [2.45, 2.75) is 18.9 Å². The molecule has 1 aliphatic heterocycles. The number of amides is 2. The van der Waals surface area contributed by atoms with Gasteiger partial charge in [0.15, 0.2) is 0 Å². The van der Waals surface area contributed by atoms with Gasteiger partial charge in [-0.1, -0.05) is 18.2 Å². The summed E-state index contributed by atoms with van der Waals surface area (Å²) in [6.45, 7) is 0.588. The minimum absolute atomic E-state index is 0.000362. The third kappa shape index (κ3) is 4.25. The maximum atomic E-state index is 12.3. The zero-order chi connectivity index (χ0) is 18.5. The molecule has 1 aliphatic rings. The van der Waals surface area contributed by atoms with Crippen LogP contribution >= 0.6 is 0 Å². The molecule has 0 aromatic heterocycles. The van der Waals surface area contributed by atoms with Crippen molar-refractivity contribution in [3.63, 3.8) is 0 Å². The van der Waals surface area contributed by atoms with Crippen LogP contribution in [0.15, 0.2) is 48.5 Å². The maximum absolute atomic E-state index is 12.3. The van der Waals surface area contributed by atoms with Gasteiger partial charge in [0, 0.05) is 23.5 Å². The lowest BCUT2D eigenvalue weighted by molar-refractivity contribution is -0.255. The van der Waals surface area contributed by atoms with Crippen LogP contribution in [0, 0.1) is 0 Å². The Morgan fingerprint density at radius 2 is 1.62 bits per heavy atom. The molecule has 0 aliphatic carbocycles. The maximum Gasteiger partial charge on any atom is 0.255 e. The van der Waals surface area contributed by atoms with Gasteiger partial charge in [-0.25, -0.2) is 0 Å². The molecule has 7 heteroatoms. The predicted molar refractivity (Wildman–Crippen MR) is 92.8 cm³/mol. The quantitative estimate of drug-likeness (QED) is 0.845.